The van der Waals surface area contributed by atoms with Gasteiger partial charge in [-0.25, -0.2) is 4.79 Å². The standard InChI is InChI=1S/C12H11ClF3N3O/c13-10-4-3-9(6-8(10)2-1-5-17)19-11(20)18-7-12(14,15)16/h3-4,6H,5,7,17H2,(H2,18,19,20). The number of rotatable bonds is 2. The molecule has 0 saturated carbocycles. The van der Waals surface area contributed by atoms with Crippen molar-refractivity contribution in [3.8, 4) is 11.8 Å². The van der Waals surface area contributed by atoms with Crippen LogP contribution in [-0.4, -0.2) is 25.3 Å². The van der Waals surface area contributed by atoms with Crippen LogP contribution in [0.25, 0.3) is 0 Å². The maximum absolute atomic E-state index is 11.9. The maximum atomic E-state index is 11.9. The lowest BCUT2D eigenvalue weighted by molar-refractivity contribution is -0.122. The van der Waals surface area contributed by atoms with E-state index in [1.807, 2.05) is 0 Å². The summed E-state index contributed by atoms with van der Waals surface area (Å²) in [6.07, 6.45) is -4.46. The molecule has 4 nitrogen and oxygen atoms in total. The molecule has 0 spiro atoms. The number of benzene rings is 1. The summed E-state index contributed by atoms with van der Waals surface area (Å²) in [5.41, 5.74) is 5.92. The number of amides is 2. The molecule has 1 rings (SSSR count). The SMILES string of the molecule is NCC#Cc1cc(NC(=O)NCC(F)(F)F)ccc1Cl. The highest BCUT2D eigenvalue weighted by Crippen LogP contribution is 2.19. The number of nitrogens with two attached hydrogens (primary N) is 1. The van der Waals surface area contributed by atoms with Gasteiger partial charge in [-0.05, 0) is 18.2 Å². The number of carbonyl (C=O) groups excluding carboxylic acids is 1. The average molecular weight is 306 g/mol. The Morgan fingerprint density at radius 2 is 2.10 bits per heavy atom. The Hall–Kier alpha value is -1.91. The molecule has 2 amide bonds. The molecule has 1 aromatic rings. The van der Waals surface area contributed by atoms with Crippen molar-refractivity contribution in [3.63, 3.8) is 0 Å². The van der Waals surface area contributed by atoms with Gasteiger partial charge in [0.2, 0.25) is 0 Å². The van der Waals surface area contributed by atoms with E-state index in [0.717, 1.165) is 0 Å². The largest absolute Gasteiger partial charge is 0.405 e. The lowest BCUT2D eigenvalue weighted by atomic mass is 10.2. The van der Waals surface area contributed by atoms with E-state index in [0.29, 0.717) is 10.6 Å². The number of hydrogen-bond donors (Lipinski definition) is 3. The maximum Gasteiger partial charge on any atom is 0.405 e. The van der Waals surface area contributed by atoms with Gasteiger partial charge in [-0.2, -0.15) is 13.2 Å². The molecule has 0 aliphatic carbocycles. The van der Waals surface area contributed by atoms with Crippen LogP contribution in [0.5, 0.6) is 0 Å². The Kier molecular flexibility index (Phi) is 5.67. The number of anilines is 1. The van der Waals surface area contributed by atoms with Crippen LogP contribution in [0.2, 0.25) is 5.02 Å². The zero-order valence-corrected chi connectivity index (χ0v) is 10.9. The smallest absolute Gasteiger partial charge is 0.329 e. The van der Waals surface area contributed by atoms with Gasteiger partial charge in [-0.3, -0.25) is 0 Å². The molecule has 0 unspecified atom stereocenters. The number of nitrogens with one attached hydrogen (secondary N) is 2. The quantitative estimate of drug-likeness (QED) is 0.734. The van der Waals surface area contributed by atoms with Crippen molar-refractivity contribution in [1.82, 2.24) is 5.32 Å². The topological polar surface area (TPSA) is 67.1 Å². The van der Waals surface area contributed by atoms with Crippen LogP contribution in [0.3, 0.4) is 0 Å². The van der Waals surface area contributed by atoms with Crippen LogP contribution in [0.15, 0.2) is 18.2 Å². The first-order chi connectivity index (χ1) is 9.31. The van der Waals surface area contributed by atoms with Gasteiger partial charge in [0.1, 0.15) is 6.54 Å². The second-order valence-electron chi connectivity index (χ2n) is 3.62. The Morgan fingerprint density at radius 1 is 1.40 bits per heavy atom. The molecule has 1 aromatic carbocycles. The number of hydrogen-bond acceptors (Lipinski definition) is 2. The first-order valence-corrected chi connectivity index (χ1v) is 5.79. The van der Waals surface area contributed by atoms with Gasteiger partial charge in [0, 0.05) is 11.3 Å². The minimum Gasteiger partial charge on any atom is -0.329 e. The van der Waals surface area contributed by atoms with Gasteiger partial charge in [0.15, 0.2) is 0 Å². The fourth-order valence-electron chi connectivity index (χ4n) is 1.20. The van der Waals surface area contributed by atoms with Gasteiger partial charge in [-0.1, -0.05) is 23.4 Å². The Labute approximate surface area is 118 Å². The van der Waals surface area contributed by atoms with Crippen LogP contribution in [0.1, 0.15) is 5.56 Å². The third kappa shape index (κ3) is 5.82. The predicted octanol–water partition coefficient (Wildman–Crippen LogP) is 2.33. The van der Waals surface area contributed by atoms with Crippen LogP contribution in [-0.2, 0) is 0 Å². The summed E-state index contributed by atoms with van der Waals surface area (Å²) in [6, 6.07) is 3.39. The third-order valence-electron chi connectivity index (χ3n) is 2.00. The number of carbonyl (C=O) groups is 1. The zero-order chi connectivity index (χ0) is 15.2. The Balaban J connectivity index is 2.71. The molecule has 0 aliphatic heterocycles. The van der Waals surface area contributed by atoms with Crippen molar-refractivity contribution in [3.05, 3.63) is 28.8 Å². The predicted molar refractivity (Wildman–Crippen MR) is 70.5 cm³/mol. The molecule has 4 N–H and O–H groups in total. The van der Waals surface area contributed by atoms with Crippen molar-refractivity contribution in [1.29, 1.82) is 0 Å². The molecule has 0 aliphatic rings. The molecule has 0 fully saturated rings. The molecule has 20 heavy (non-hydrogen) atoms. The van der Waals surface area contributed by atoms with Gasteiger partial charge >= 0.3 is 12.2 Å². The van der Waals surface area contributed by atoms with Crippen molar-refractivity contribution in [2.45, 2.75) is 6.18 Å². The van der Waals surface area contributed by atoms with Crippen molar-refractivity contribution >= 4 is 23.3 Å². The number of alkyl halides is 3. The molecule has 0 heterocycles. The zero-order valence-electron chi connectivity index (χ0n) is 10.1. The monoisotopic (exact) mass is 305 g/mol. The van der Waals surface area contributed by atoms with Gasteiger partial charge in [0.05, 0.1) is 11.6 Å². The average Bonchev–Trinajstić information content (AvgIpc) is 2.36. The molecule has 0 bridgehead atoms. The van der Waals surface area contributed by atoms with Crippen LogP contribution in [0.4, 0.5) is 23.7 Å². The van der Waals surface area contributed by atoms with E-state index in [4.69, 9.17) is 17.3 Å². The second kappa shape index (κ2) is 7.03. The molecule has 0 aromatic heterocycles. The van der Waals surface area contributed by atoms with E-state index in [-0.39, 0.29) is 12.2 Å². The van der Waals surface area contributed by atoms with E-state index in [2.05, 4.69) is 17.2 Å². The van der Waals surface area contributed by atoms with E-state index in [1.54, 1.807) is 5.32 Å². The van der Waals surface area contributed by atoms with Gasteiger partial charge < -0.3 is 16.4 Å². The second-order valence-corrected chi connectivity index (χ2v) is 4.03. The lowest BCUT2D eigenvalue weighted by Gasteiger charge is -2.10. The lowest BCUT2D eigenvalue weighted by Crippen LogP contribution is -2.36. The van der Waals surface area contributed by atoms with Gasteiger partial charge in [0.25, 0.3) is 0 Å². The fraction of sp³-hybridized carbons (Fsp3) is 0.250. The van der Waals surface area contributed by atoms with Crippen molar-refractivity contribution in [2.75, 3.05) is 18.4 Å². The van der Waals surface area contributed by atoms with Crippen molar-refractivity contribution in [2.24, 2.45) is 5.73 Å². The molecule has 0 atom stereocenters. The normalized spacial score (nSPS) is 10.4. The summed E-state index contributed by atoms with van der Waals surface area (Å²) in [5.74, 6) is 5.27. The number of urea groups is 1. The summed E-state index contributed by atoms with van der Waals surface area (Å²) >= 11 is 5.87. The summed E-state index contributed by atoms with van der Waals surface area (Å²) in [6.45, 7) is -1.27. The Bertz CT molecular complexity index is 549. The summed E-state index contributed by atoms with van der Waals surface area (Å²) in [5, 5.41) is 4.29. The summed E-state index contributed by atoms with van der Waals surface area (Å²) in [7, 11) is 0. The van der Waals surface area contributed by atoms with Crippen LogP contribution in [0, 0.1) is 11.8 Å². The van der Waals surface area contributed by atoms with E-state index >= 15 is 0 Å². The minimum atomic E-state index is -4.46. The molecular formula is C12H11ClF3N3O. The van der Waals surface area contributed by atoms with Gasteiger partial charge in [-0.15, -0.1) is 0 Å². The molecule has 8 heteroatoms. The minimum absolute atomic E-state index is 0.139. The molecule has 0 radical (unpaired) electrons. The van der Waals surface area contributed by atoms with E-state index in [9.17, 15) is 18.0 Å². The molecule has 108 valence electrons. The highest BCUT2D eigenvalue weighted by Gasteiger charge is 2.27. The van der Waals surface area contributed by atoms with E-state index in [1.165, 1.54) is 18.2 Å². The molecule has 0 saturated heterocycles. The number of halogens is 4. The first kappa shape index (κ1) is 16.1. The van der Waals surface area contributed by atoms with Crippen molar-refractivity contribution < 1.29 is 18.0 Å². The molecular weight excluding hydrogens is 295 g/mol. The van der Waals surface area contributed by atoms with Crippen LogP contribution >= 0.6 is 11.6 Å². The van der Waals surface area contributed by atoms with E-state index < -0.39 is 18.8 Å². The first-order valence-electron chi connectivity index (χ1n) is 5.42. The summed E-state index contributed by atoms with van der Waals surface area (Å²) in [4.78, 5) is 11.3. The van der Waals surface area contributed by atoms with Crippen LogP contribution < -0.4 is 16.4 Å². The third-order valence-corrected chi connectivity index (χ3v) is 2.33. The highest BCUT2D eigenvalue weighted by molar-refractivity contribution is 6.31. The Morgan fingerprint density at radius 3 is 2.70 bits per heavy atom. The fourth-order valence-corrected chi connectivity index (χ4v) is 1.37. The summed E-state index contributed by atoms with van der Waals surface area (Å²) < 4.78 is 35.8. The highest BCUT2D eigenvalue weighted by atomic mass is 35.5.